The Bertz CT molecular complexity index is 221. The lowest BCUT2D eigenvalue weighted by Crippen LogP contribution is -2.95. The maximum Gasteiger partial charge on any atom is 0.819 e. The number of rotatable bonds is 5. The summed E-state index contributed by atoms with van der Waals surface area (Å²) >= 11 is 0. The van der Waals surface area contributed by atoms with Crippen LogP contribution in [0.2, 0.25) is 6.04 Å². The van der Waals surface area contributed by atoms with Gasteiger partial charge in [-0.3, -0.25) is 0 Å². The third kappa shape index (κ3) is 3.05. The van der Waals surface area contributed by atoms with Crippen LogP contribution in [0, 0.1) is 5.92 Å². The van der Waals surface area contributed by atoms with E-state index in [1.807, 2.05) is 42.3 Å². The molecule has 0 bridgehead atoms. The molecule has 7 heteroatoms. The first-order chi connectivity index (χ1) is 7.17. The van der Waals surface area contributed by atoms with Crippen LogP contribution in [0.15, 0.2) is 0 Å². The second kappa shape index (κ2) is 4.58. The maximum atomic E-state index is 6.44. The first-order valence-corrected chi connectivity index (χ1v) is 8.09. The summed E-state index contributed by atoms with van der Waals surface area (Å²) in [5, 5.41) is 0. The molecule has 6 N–H and O–H groups in total. The van der Waals surface area contributed by atoms with Gasteiger partial charge in [-0.2, -0.15) is 17.5 Å². The Balaban J connectivity index is 5.93. The SMILES string of the molecule is CC(C)C[Si]([N+](C)(C)N)([N+](C)(C)N)[N+](C)(C)N. The Kier molecular flexibility index (Phi) is 4.57. The van der Waals surface area contributed by atoms with Crippen LogP contribution in [0.4, 0.5) is 0 Å². The fraction of sp³-hybridized carbons (Fsp3) is 1.00. The number of hydrogen-bond acceptors (Lipinski definition) is 3. The minimum absolute atomic E-state index is 0.359. The van der Waals surface area contributed by atoms with E-state index in [0.717, 1.165) is 6.04 Å². The molecule has 0 saturated carbocycles. The second-order valence-electron chi connectivity index (χ2n) is 6.99. The van der Waals surface area contributed by atoms with Crippen LogP contribution in [-0.4, -0.2) is 63.6 Å². The van der Waals surface area contributed by atoms with E-state index in [4.69, 9.17) is 17.5 Å². The molecule has 0 aromatic carbocycles. The Labute approximate surface area is 107 Å². The van der Waals surface area contributed by atoms with Gasteiger partial charge in [0, 0.05) is 0 Å². The van der Waals surface area contributed by atoms with Crippen LogP contribution in [-0.2, 0) is 0 Å². The molecule has 0 spiro atoms. The van der Waals surface area contributed by atoms with Crippen molar-refractivity contribution in [1.29, 1.82) is 0 Å². The molecular weight excluding hydrogens is 232 g/mol. The molecule has 6 nitrogen and oxygen atoms in total. The number of nitrogens with zero attached hydrogens (tertiary/aromatic N) is 3. The molecule has 0 aliphatic carbocycles. The van der Waals surface area contributed by atoms with Crippen molar-refractivity contribution in [2.24, 2.45) is 23.4 Å². The molecule has 104 valence electrons. The number of quaternary nitrogens is 3. The van der Waals surface area contributed by atoms with Gasteiger partial charge in [-0.05, 0) is 5.92 Å². The molecule has 0 aromatic rings. The third-order valence-electron chi connectivity index (χ3n) is 3.45. The summed E-state index contributed by atoms with van der Waals surface area (Å²) in [5.74, 6) is 19.8. The van der Waals surface area contributed by atoms with Crippen LogP contribution in [0.25, 0.3) is 0 Å². The lowest BCUT2D eigenvalue weighted by Gasteiger charge is -2.49. The van der Waals surface area contributed by atoms with Crippen molar-refractivity contribution in [1.82, 2.24) is 0 Å². The molecule has 0 saturated heterocycles. The quantitative estimate of drug-likeness (QED) is 0.354. The summed E-state index contributed by atoms with van der Waals surface area (Å²) < 4.78 is 1.08. The highest BCUT2D eigenvalue weighted by atomic mass is 28.4. The molecule has 0 heterocycles. The largest absolute Gasteiger partial charge is 0.819 e. The maximum absolute atomic E-state index is 6.44. The molecule has 0 aromatic heterocycles. The van der Waals surface area contributed by atoms with Gasteiger partial charge >= 0.3 is 8.56 Å². The highest BCUT2D eigenvalue weighted by Gasteiger charge is 2.81. The monoisotopic (exact) mass is 265 g/mol. The van der Waals surface area contributed by atoms with Crippen molar-refractivity contribution in [3.8, 4) is 0 Å². The predicted molar refractivity (Wildman–Crippen MR) is 74.3 cm³/mol. The van der Waals surface area contributed by atoms with Crippen molar-refractivity contribution in [3.63, 3.8) is 0 Å². The third-order valence-corrected chi connectivity index (χ3v) is 10.4. The van der Waals surface area contributed by atoms with E-state index >= 15 is 0 Å². The van der Waals surface area contributed by atoms with Crippen LogP contribution in [0.3, 0.4) is 0 Å². The summed E-state index contributed by atoms with van der Waals surface area (Å²) in [4.78, 5) is 0. The van der Waals surface area contributed by atoms with Gasteiger partial charge in [-0.1, -0.05) is 13.8 Å². The van der Waals surface area contributed by atoms with E-state index in [1.165, 1.54) is 0 Å². The average molecular weight is 266 g/mol. The van der Waals surface area contributed by atoms with E-state index in [2.05, 4.69) is 13.8 Å². The zero-order valence-electron chi connectivity index (χ0n) is 12.9. The van der Waals surface area contributed by atoms with Gasteiger partial charge in [0.1, 0.15) is 6.04 Å². The summed E-state index contributed by atoms with van der Waals surface area (Å²) in [6, 6.07) is 0.976. The first-order valence-electron chi connectivity index (χ1n) is 6.05. The zero-order chi connectivity index (χ0) is 14.3. The van der Waals surface area contributed by atoms with Crippen molar-refractivity contribution >= 4 is 8.56 Å². The van der Waals surface area contributed by atoms with Gasteiger partial charge in [0.15, 0.2) is 0 Å². The highest BCUT2D eigenvalue weighted by molar-refractivity contribution is 6.57. The minimum atomic E-state index is -2.32. The summed E-state index contributed by atoms with van der Waals surface area (Å²) in [6.45, 7) is 4.39. The minimum Gasteiger partial charge on any atom is -0.211 e. The predicted octanol–water partition coefficient (Wildman–Crippen LogP) is -0.568. The Morgan fingerprint density at radius 2 is 1.00 bits per heavy atom. The van der Waals surface area contributed by atoms with Crippen LogP contribution in [0.5, 0.6) is 0 Å². The molecule has 0 rings (SSSR count). The van der Waals surface area contributed by atoms with Crippen molar-refractivity contribution in [2.75, 3.05) is 42.3 Å². The van der Waals surface area contributed by atoms with E-state index in [9.17, 15) is 0 Å². The fourth-order valence-electron chi connectivity index (χ4n) is 3.25. The van der Waals surface area contributed by atoms with E-state index in [0.29, 0.717) is 18.7 Å². The molecule has 0 aliphatic rings. The Morgan fingerprint density at radius 1 is 0.765 bits per heavy atom. The van der Waals surface area contributed by atoms with Crippen molar-refractivity contribution in [2.45, 2.75) is 19.9 Å². The van der Waals surface area contributed by atoms with Crippen molar-refractivity contribution < 1.29 is 12.8 Å². The fourth-order valence-corrected chi connectivity index (χ4v) is 9.74. The molecule has 0 amide bonds. The lowest BCUT2D eigenvalue weighted by molar-refractivity contribution is -1.03. The topological polar surface area (TPSA) is 78.1 Å². The summed E-state index contributed by atoms with van der Waals surface area (Å²) in [7, 11) is 9.73. The highest BCUT2D eigenvalue weighted by Crippen LogP contribution is 2.31. The van der Waals surface area contributed by atoms with Crippen LogP contribution >= 0.6 is 0 Å². The Morgan fingerprint density at radius 3 is 1.06 bits per heavy atom. The van der Waals surface area contributed by atoms with Gasteiger partial charge in [-0.25, -0.2) is 12.8 Å². The van der Waals surface area contributed by atoms with Crippen LogP contribution < -0.4 is 17.5 Å². The Hall–Kier alpha value is -0.0231. The van der Waals surface area contributed by atoms with Gasteiger partial charge < -0.3 is 0 Å². The normalized spacial score (nSPS) is 15.5. The van der Waals surface area contributed by atoms with E-state index in [-0.39, 0.29) is 0 Å². The second-order valence-corrected chi connectivity index (χ2v) is 12.4. The zero-order valence-corrected chi connectivity index (χ0v) is 13.9. The van der Waals surface area contributed by atoms with Crippen molar-refractivity contribution in [3.05, 3.63) is 0 Å². The summed E-state index contributed by atoms with van der Waals surface area (Å²) in [5.41, 5.74) is 0. The standard InChI is InChI=1S/C10H33N6Si/c1-10(2)9-17(14(3,4)11,15(5,6)12)16(7,8)13/h10H,9,11-13H2,1-8H3/q+3. The van der Waals surface area contributed by atoms with Gasteiger partial charge in [0.05, 0.1) is 42.3 Å². The average Bonchev–Trinajstić information content (AvgIpc) is 1.91. The van der Waals surface area contributed by atoms with Crippen LogP contribution in [0.1, 0.15) is 13.8 Å². The van der Waals surface area contributed by atoms with E-state index < -0.39 is 8.56 Å². The van der Waals surface area contributed by atoms with Gasteiger partial charge in [0.25, 0.3) is 0 Å². The molecule has 17 heavy (non-hydrogen) atoms. The molecule has 0 aliphatic heterocycles. The number of nitrogens with two attached hydrogens (primary N) is 3. The summed E-state index contributed by atoms with van der Waals surface area (Å²) in [6.07, 6.45) is 0. The van der Waals surface area contributed by atoms with E-state index in [1.54, 1.807) is 0 Å². The number of hydrogen-bond donors (Lipinski definition) is 3. The van der Waals surface area contributed by atoms with Gasteiger partial charge in [-0.15, -0.1) is 0 Å². The van der Waals surface area contributed by atoms with Gasteiger partial charge in [0.2, 0.25) is 0 Å². The molecule has 0 atom stereocenters. The molecular formula is C10H33N6Si+3. The molecule has 0 fully saturated rings. The smallest absolute Gasteiger partial charge is 0.211 e. The first kappa shape index (κ1) is 17.0. The molecule has 0 unspecified atom stereocenters. The lowest BCUT2D eigenvalue weighted by atomic mass is 10.3. The molecule has 0 radical (unpaired) electrons.